The lowest BCUT2D eigenvalue weighted by Gasteiger charge is -2.02. The van der Waals surface area contributed by atoms with Crippen molar-refractivity contribution in [3.8, 4) is 0 Å². The highest BCUT2D eigenvalue weighted by molar-refractivity contribution is 5.74. The molecule has 0 saturated heterocycles. The van der Waals surface area contributed by atoms with Crippen molar-refractivity contribution in [3.63, 3.8) is 0 Å². The topological polar surface area (TPSA) is 24.1 Å². The Morgan fingerprint density at radius 1 is 1.15 bits per heavy atom. The highest BCUT2D eigenvalue weighted by Gasteiger charge is 2.11. The van der Waals surface area contributed by atoms with Crippen molar-refractivity contribution < 1.29 is 9.67 Å². The van der Waals surface area contributed by atoms with Crippen LogP contribution >= 0.6 is 0 Å². The van der Waals surface area contributed by atoms with E-state index in [0.29, 0.717) is 0 Å². The molecular formula is C11H12NO+. The Hall–Kier alpha value is -1.41. The van der Waals surface area contributed by atoms with E-state index in [4.69, 9.17) is 0 Å². The Morgan fingerprint density at radius 2 is 1.85 bits per heavy atom. The summed E-state index contributed by atoms with van der Waals surface area (Å²) in [6, 6.07) is 12.0. The van der Waals surface area contributed by atoms with E-state index in [1.54, 1.807) is 6.92 Å². The number of fused-ring (bicyclic) bond motifs is 1. The third-order valence-corrected chi connectivity index (χ3v) is 2.14. The Morgan fingerprint density at radius 3 is 2.62 bits per heavy atom. The first-order valence-corrected chi connectivity index (χ1v) is 4.36. The zero-order valence-corrected chi connectivity index (χ0v) is 7.51. The lowest BCUT2D eigenvalue weighted by atomic mass is 10.2. The molecule has 1 aromatic heterocycles. The number of nitrogens with zero attached hydrogens (tertiary/aromatic N) is 1. The Labute approximate surface area is 77.1 Å². The van der Waals surface area contributed by atoms with E-state index < -0.39 is 6.23 Å². The second-order valence-corrected chi connectivity index (χ2v) is 3.11. The molecule has 2 nitrogen and oxygen atoms in total. The molecule has 0 saturated carbocycles. The quantitative estimate of drug-likeness (QED) is 0.653. The van der Waals surface area contributed by atoms with E-state index in [9.17, 15) is 5.11 Å². The zero-order chi connectivity index (χ0) is 9.26. The predicted molar refractivity (Wildman–Crippen MR) is 51.1 cm³/mol. The molecule has 2 rings (SSSR count). The second kappa shape index (κ2) is 3.15. The highest BCUT2D eigenvalue weighted by Crippen LogP contribution is 2.09. The zero-order valence-electron chi connectivity index (χ0n) is 7.51. The van der Waals surface area contributed by atoms with Gasteiger partial charge in [-0.3, -0.25) is 0 Å². The molecule has 1 unspecified atom stereocenters. The summed E-state index contributed by atoms with van der Waals surface area (Å²) < 4.78 is 1.84. The van der Waals surface area contributed by atoms with Gasteiger partial charge in [0.05, 0.1) is 0 Å². The molecule has 66 valence electrons. The second-order valence-electron chi connectivity index (χ2n) is 3.11. The van der Waals surface area contributed by atoms with Crippen LogP contribution in [0.15, 0.2) is 42.6 Å². The summed E-state index contributed by atoms with van der Waals surface area (Å²) in [5, 5.41) is 10.6. The van der Waals surface area contributed by atoms with Gasteiger partial charge >= 0.3 is 0 Å². The van der Waals surface area contributed by atoms with Crippen LogP contribution in [0.5, 0.6) is 0 Å². The Kier molecular flexibility index (Phi) is 1.99. The van der Waals surface area contributed by atoms with Crippen LogP contribution in [-0.4, -0.2) is 5.11 Å². The number of pyridine rings is 1. The normalized spacial score (nSPS) is 13.1. The molecule has 0 amide bonds. The number of para-hydroxylation sites is 1. The number of aliphatic hydroxyl groups excluding tert-OH is 1. The predicted octanol–water partition coefficient (Wildman–Crippen LogP) is 1.64. The molecule has 0 aliphatic rings. The fraction of sp³-hybridized carbons (Fsp3) is 0.182. The number of hydrogen-bond donors (Lipinski definition) is 1. The fourth-order valence-corrected chi connectivity index (χ4v) is 1.51. The Balaban J connectivity index is 2.76. The standard InChI is InChI=1S/C11H12NO/c1-9(13)12-8-4-6-10-5-2-3-7-11(10)12/h2-9,13H,1H3/q+1. The van der Waals surface area contributed by atoms with Gasteiger partial charge in [0.15, 0.2) is 6.20 Å². The maximum atomic E-state index is 9.48. The number of rotatable bonds is 1. The van der Waals surface area contributed by atoms with Crippen LogP contribution in [0, 0.1) is 0 Å². The molecule has 13 heavy (non-hydrogen) atoms. The van der Waals surface area contributed by atoms with Crippen LogP contribution in [-0.2, 0) is 0 Å². The van der Waals surface area contributed by atoms with Gasteiger partial charge in [0.1, 0.15) is 0 Å². The van der Waals surface area contributed by atoms with E-state index >= 15 is 0 Å². The maximum Gasteiger partial charge on any atom is 0.257 e. The number of benzene rings is 1. The van der Waals surface area contributed by atoms with Gasteiger partial charge in [-0.05, 0) is 12.1 Å². The summed E-state index contributed by atoms with van der Waals surface area (Å²) in [4.78, 5) is 0. The van der Waals surface area contributed by atoms with Gasteiger partial charge in [-0.1, -0.05) is 12.1 Å². The first-order chi connectivity index (χ1) is 6.29. The van der Waals surface area contributed by atoms with Crippen molar-refractivity contribution in [2.24, 2.45) is 0 Å². The van der Waals surface area contributed by atoms with Gasteiger partial charge in [0.2, 0.25) is 5.52 Å². The highest BCUT2D eigenvalue weighted by atomic mass is 16.3. The van der Waals surface area contributed by atoms with E-state index in [2.05, 4.69) is 0 Å². The van der Waals surface area contributed by atoms with Crippen LogP contribution < -0.4 is 4.57 Å². The SMILES string of the molecule is CC(O)[n+]1cccc2ccccc21. The molecule has 1 aromatic carbocycles. The molecule has 0 aliphatic carbocycles. The summed E-state index contributed by atoms with van der Waals surface area (Å²) in [5.41, 5.74) is 1.06. The summed E-state index contributed by atoms with van der Waals surface area (Å²) in [6.45, 7) is 1.76. The van der Waals surface area contributed by atoms with Crippen molar-refractivity contribution in [1.29, 1.82) is 0 Å². The van der Waals surface area contributed by atoms with Gasteiger partial charge in [0.25, 0.3) is 6.23 Å². The average molecular weight is 174 g/mol. The minimum Gasteiger partial charge on any atom is -0.337 e. The molecule has 0 aliphatic heterocycles. The van der Waals surface area contributed by atoms with Crippen molar-refractivity contribution >= 4 is 10.9 Å². The van der Waals surface area contributed by atoms with Crippen molar-refractivity contribution in [1.82, 2.24) is 0 Å². The number of hydrogen-bond acceptors (Lipinski definition) is 1. The summed E-state index contributed by atoms with van der Waals surface area (Å²) in [5.74, 6) is 0. The lowest BCUT2D eigenvalue weighted by Crippen LogP contribution is -2.37. The van der Waals surface area contributed by atoms with Crippen molar-refractivity contribution in [3.05, 3.63) is 42.6 Å². The Bertz CT molecular complexity index is 418. The van der Waals surface area contributed by atoms with Crippen molar-refractivity contribution in [2.45, 2.75) is 13.2 Å². The summed E-state index contributed by atoms with van der Waals surface area (Å²) in [6.07, 6.45) is 1.40. The molecule has 2 heteroatoms. The molecule has 1 N–H and O–H groups in total. The summed E-state index contributed by atoms with van der Waals surface area (Å²) >= 11 is 0. The molecule has 1 heterocycles. The number of aromatic nitrogens is 1. The van der Waals surface area contributed by atoms with Gasteiger partial charge in [0, 0.05) is 24.4 Å². The molecule has 0 spiro atoms. The number of aliphatic hydroxyl groups is 1. The van der Waals surface area contributed by atoms with Crippen molar-refractivity contribution in [2.75, 3.05) is 0 Å². The smallest absolute Gasteiger partial charge is 0.257 e. The van der Waals surface area contributed by atoms with Crippen LogP contribution in [0.1, 0.15) is 13.2 Å². The van der Waals surface area contributed by atoms with Crippen LogP contribution in [0.25, 0.3) is 10.9 Å². The van der Waals surface area contributed by atoms with E-state index in [1.807, 2.05) is 47.2 Å². The molecule has 0 fully saturated rings. The van der Waals surface area contributed by atoms with Crippen LogP contribution in [0.3, 0.4) is 0 Å². The van der Waals surface area contributed by atoms with E-state index in [1.165, 1.54) is 0 Å². The molecular weight excluding hydrogens is 162 g/mol. The van der Waals surface area contributed by atoms with E-state index in [0.717, 1.165) is 10.9 Å². The minimum absolute atomic E-state index is 0.480. The van der Waals surface area contributed by atoms with E-state index in [-0.39, 0.29) is 0 Å². The van der Waals surface area contributed by atoms with Crippen LogP contribution in [0.2, 0.25) is 0 Å². The van der Waals surface area contributed by atoms with Gasteiger partial charge in [-0.25, -0.2) is 0 Å². The lowest BCUT2D eigenvalue weighted by molar-refractivity contribution is -0.733. The third kappa shape index (κ3) is 1.40. The average Bonchev–Trinajstić information content (AvgIpc) is 2.17. The first kappa shape index (κ1) is 8.20. The monoisotopic (exact) mass is 174 g/mol. The first-order valence-electron chi connectivity index (χ1n) is 4.36. The minimum atomic E-state index is -0.480. The van der Waals surface area contributed by atoms with Gasteiger partial charge in [-0.15, -0.1) is 0 Å². The fourth-order valence-electron chi connectivity index (χ4n) is 1.51. The largest absolute Gasteiger partial charge is 0.337 e. The van der Waals surface area contributed by atoms with Gasteiger partial charge < -0.3 is 5.11 Å². The molecule has 0 radical (unpaired) electrons. The van der Waals surface area contributed by atoms with Gasteiger partial charge in [-0.2, -0.15) is 4.57 Å². The molecule has 1 atom stereocenters. The van der Waals surface area contributed by atoms with Crippen LogP contribution in [0.4, 0.5) is 0 Å². The molecule has 2 aromatic rings. The summed E-state index contributed by atoms with van der Waals surface area (Å²) in [7, 11) is 0. The third-order valence-electron chi connectivity index (χ3n) is 2.14. The maximum absolute atomic E-state index is 9.48. The molecule has 0 bridgehead atoms.